The van der Waals surface area contributed by atoms with E-state index in [1.54, 1.807) is 24.3 Å². The third-order valence-electron chi connectivity index (χ3n) is 3.00. The van der Waals surface area contributed by atoms with Crippen molar-refractivity contribution in [3.05, 3.63) is 46.4 Å². The molecule has 2 amide bonds. The summed E-state index contributed by atoms with van der Waals surface area (Å²) in [4.78, 5) is 16.4. The molecule has 118 valence electrons. The number of carbonyl (C=O) groups excluding carboxylic acids is 1. The molecular formula is C15H11Cl2N3O2S. The second-order valence-electron chi connectivity index (χ2n) is 4.53. The number of urea groups is 1. The number of hydrogen-bond donors (Lipinski definition) is 2. The minimum Gasteiger partial charge on any atom is -0.495 e. The van der Waals surface area contributed by atoms with Crippen LogP contribution in [0.15, 0.2) is 36.4 Å². The lowest BCUT2D eigenvalue weighted by atomic mass is 10.3. The Morgan fingerprint density at radius 2 is 2.04 bits per heavy atom. The summed E-state index contributed by atoms with van der Waals surface area (Å²) in [6.07, 6.45) is 0. The van der Waals surface area contributed by atoms with Crippen molar-refractivity contribution in [2.75, 3.05) is 17.7 Å². The van der Waals surface area contributed by atoms with Crippen molar-refractivity contribution in [2.24, 2.45) is 0 Å². The maximum absolute atomic E-state index is 12.1. The van der Waals surface area contributed by atoms with Crippen molar-refractivity contribution < 1.29 is 9.53 Å². The molecule has 0 aliphatic carbocycles. The highest BCUT2D eigenvalue weighted by Crippen LogP contribution is 2.31. The van der Waals surface area contributed by atoms with E-state index in [9.17, 15) is 4.79 Å². The number of nitrogens with zero attached hydrogens (tertiary/aromatic N) is 1. The normalized spacial score (nSPS) is 10.6. The Hall–Kier alpha value is -2.02. The van der Waals surface area contributed by atoms with Crippen LogP contribution in [0.5, 0.6) is 5.75 Å². The Morgan fingerprint density at radius 3 is 2.78 bits per heavy atom. The van der Waals surface area contributed by atoms with Gasteiger partial charge in [0.05, 0.1) is 22.5 Å². The molecule has 0 bridgehead atoms. The summed E-state index contributed by atoms with van der Waals surface area (Å²) in [7, 11) is 1.52. The summed E-state index contributed by atoms with van der Waals surface area (Å²) in [6.45, 7) is 0. The average Bonchev–Trinajstić information content (AvgIpc) is 2.91. The van der Waals surface area contributed by atoms with E-state index < -0.39 is 6.03 Å². The predicted molar refractivity (Wildman–Crippen MR) is 95.3 cm³/mol. The lowest BCUT2D eigenvalue weighted by Crippen LogP contribution is -2.19. The molecule has 2 N–H and O–H groups in total. The molecule has 3 aromatic rings. The molecule has 23 heavy (non-hydrogen) atoms. The first kappa shape index (κ1) is 15.9. The summed E-state index contributed by atoms with van der Waals surface area (Å²) in [6, 6.07) is 10.0. The zero-order chi connectivity index (χ0) is 16.4. The number of para-hydroxylation sites is 1. The van der Waals surface area contributed by atoms with Gasteiger partial charge >= 0.3 is 6.03 Å². The highest BCUT2D eigenvalue weighted by Gasteiger charge is 2.12. The highest BCUT2D eigenvalue weighted by atomic mass is 35.5. The van der Waals surface area contributed by atoms with Gasteiger partial charge in [-0.25, -0.2) is 9.78 Å². The van der Waals surface area contributed by atoms with Crippen LogP contribution in [0.2, 0.25) is 10.0 Å². The molecule has 0 unspecified atom stereocenters. The fourth-order valence-electron chi connectivity index (χ4n) is 2.00. The molecule has 1 aromatic heterocycles. The lowest BCUT2D eigenvalue weighted by Gasteiger charge is -2.10. The highest BCUT2D eigenvalue weighted by molar-refractivity contribution is 7.22. The Labute approximate surface area is 146 Å². The molecule has 0 radical (unpaired) electrons. The Morgan fingerprint density at radius 1 is 1.22 bits per heavy atom. The van der Waals surface area contributed by atoms with E-state index in [4.69, 9.17) is 27.9 Å². The summed E-state index contributed by atoms with van der Waals surface area (Å²) in [5, 5.41) is 6.85. The van der Waals surface area contributed by atoms with Crippen LogP contribution in [-0.4, -0.2) is 18.1 Å². The third-order valence-corrected chi connectivity index (χ3v) is 4.48. The molecule has 0 saturated carbocycles. The minimum absolute atomic E-state index is 0.444. The number of thiazole rings is 1. The number of methoxy groups -OCH3 is 1. The van der Waals surface area contributed by atoms with E-state index in [-0.39, 0.29) is 0 Å². The molecule has 8 heteroatoms. The molecule has 0 saturated heterocycles. The number of nitrogens with one attached hydrogen (secondary N) is 2. The van der Waals surface area contributed by atoms with Crippen LogP contribution in [0.4, 0.5) is 15.6 Å². The Bertz CT molecular complexity index is 882. The van der Waals surface area contributed by atoms with Gasteiger partial charge in [-0.15, -0.1) is 0 Å². The van der Waals surface area contributed by atoms with E-state index in [0.717, 1.165) is 4.70 Å². The fourth-order valence-corrected chi connectivity index (χ4v) is 3.33. The number of ether oxygens (including phenoxy) is 1. The molecule has 0 fully saturated rings. The van der Waals surface area contributed by atoms with E-state index >= 15 is 0 Å². The van der Waals surface area contributed by atoms with E-state index in [0.29, 0.717) is 32.1 Å². The average molecular weight is 368 g/mol. The maximum atomic E-state index is 12.1. The van der Waals surface area contributed by atoms with Gasteiger partial charge in [-0.3, -0.25) is 5.32 Å². The van der Waals surface area contributed by atoms with Crippen LogP contribution in [0.3, 0.4) is 0 Å². The van der Waals surface area contributed by atoms with Crippen LogP contribution in [0.25, 0.3) is 10.2 Å². The van der Waals surface area contributed by atoms with Crippen LogP contribution in [0, 0.1) is 0 Å². The summed E-state index contributed by atoms with van der Waals surface area (Å²) < 4.78 is 6.08. The zero-order valence-electron chi connectivity index (χ0n) is 11.9. The second-order valence-corrected chi connectivity index (χ2v) is 6.40. The number of halogens is 2. The van der Waals surface area contributed by atoms with Gasteiger partial charge in [-0.1, -0.05) is 40.6 Å². The van der Waals surface area contributed by atoms with Crippen molar-refractivity contribution in [3.8, 4) is 5.75 Å². The first-order valence-corrected chi connectivity index (χ1v) is 8.10. The number of anilines is 2. The van der Waals surface area contributed by atoms with Gasteiger partial charge in [-0.05, 0) is 30.3 Å². The van der Waals surface area contributed by atoms with Crippen LogP contribution < -0.4 is 15.4 Å². The van der Waals surface area contributed by atoms with Crippen molar-refractivity contribution in [3.63, 3.8) is 0 Å². The third kappa shape index (κ3) is 3.50. The van der Waals surface area contributed by atoms with Crippen molar-refractivity contribution in [1.82, 2.24) is 4.98 Å². The monoisotopic (exact) mass is 367 g/mol. The quantitative estimate of drug-likeness (QED) is 0.663. The summed E-state index contributed by atoms with van der Waals surface area (Å²) in [5.41, 5.74) is 1.13. The van der Waals surface area contributed by atoms with Gasteiger partial charge in [0.1, 0.15) is 11.3 Å². The van der Waals surface area contributed by atoms with Gasteiger partial charge in [0.25, 0.3) is 0 Å². The SMILES string of the molecule is COc1ccc(Cl)cc1NC(=O)Nc1nc2c(Cl)cccc2s1. The topological polar surface area (TPSA) is 63.2 Å². The Balaban J connectivity index is 1.78. The van der Waals surface area contributed by atoms with Crippen molar-refractivity contribution in [2.45, 2.75) is 0 Å². The van der Waals surface area contributed by atoms with Crippen LogP contribution >= 0.6 is 34.5 Å². The molecule has 0 spiro atoms. The van der Waals surface area contributed by atoms with Gasteiger partial charge in [0.2, 0.25) is 0 Å². The number of fused-ring (bicyclic) bond motifs is 1. The first-order chi connectivity index (χ1) is 11.1. The van der Waals surface area contributed by atoms with Gasteiger partial charge in [-0.2, -0.15) is 0 Å². The zero-order valence-corrected chi connectivity index (χ0v) is 14.2. The molecule has 0 atom stereocenters. The van der Waals surface area contributed by atoms with Crippen LogP contribution in [-0.2, 0) is 0 Å². The lowest BCUT2D eigenvalue weighted by molar-refractivity contribution is 0.262. The van der Waals surface area contributed by atoms with Gasteiger partial charge < -0.3 is 10.1 Å². The largest absolute Gasteiger partial charge is 0.495 e. The molecule has 0 aliphatic heterocycles. The number of rotatable bonds is 3. The standard InChI is InChI=1S/C15H11Cl2N3O2S/c1-22-11-6-5-8(16)7-10(11)18-14(21)20-15-19-13-9(17)3-2-4-12(13)23-15/h2-7H,1H3,(H2,18,19,20,21). The molecule has 1 heterocycles. The number of benzene rings is 2. The minimum atomic E-state index is -0.444. The molecule has 3 rings (SSSR count). The van der Waals surface area contributed by atoms with Crippen molar-refractivity contribution in [1.29, 1.82) is 0 Å². The van der Waals surface area contributed by atoms with Crippen LogP contribution in [0.1, 0.15) is 0 Å². The number of hydrogen-bond acceptors (Lipinski definition) is 4. The number of aromatic nitrogens is 1. The molecule has 5 nitrogen and oxygen atoms in total. The fraction of sp³-hybridized carbons (Fsp3) is 0.0667. The van der Waals surface area contributed by atoms with Gasteiger partial charge in [0, 0.05) is 5.02 Å². The molecule has 0 aliphatic rings. The first-order valence-electron chi connectivity index (χ1n) is 6.53. The molecule has 2 aromatic carbocycles. The summed E-state index contributed by atoms with van der Waals surface area (Å²) >= 11 is 13.4. The van der Waals surface area contributed by atoms with E-state index in [1.165, 1.54) is 18.4 Å². The van der Waals surface area contributed by atoms with Crippen molar-refractivity contribution >= 4 is 61.6 Å². The summed E-state index contributed by atoms with van der Waals surface area (Å²) in [5.74, 6) is 0.511. The molecular weight excluding hydrogens is 357 g/mol. The maximum Gasteiger partial charge on any atom is 0.325 e. The number of carbonyl (C=O) groups is 1. The van der Waals surface area contributed by atoms with E-state index in [1.807, 2.05) is 12.1 Å². The second kappa shape index (κ2) is 6.62. The predicted octanol–water partition coefficient (Wildman–Crippen LogP) is 5.26. The van der Waals surface area contributed by atoms with E-state index in [2.05, 4.69) is 15.6 Å². The van der Waals surface area contributed by atoms with Gasteiger partial charge in [0.15, 0.2) is 5.13 Å². The Kier molecular flexibility index (Phi) is 4.56. The number of amides is 2. The smallest absolute Gasteiger partial charge is 0.325 e.